The Balaban J connectivity index is 0. The summed E-state index contributed by atoms with van der Waals surface area (Å²) in [7, 11) is 0. The molecule has 0 aromatic heterocycles. The summed E-state index contributed by atoms with van der Waals surface area (Å²) in [5.74, 6) is -1.45. The van der Waals surface area contributed by atoms with Crippen molar-refractivity contribution in [1.82, 2.24) is 5.32 Å². The molecule has 2 N–H and O–H groups in total. The van der Waals surface area contributed by atoms with E-state index in [1.165, 1.54) is 12.2 Å². The van der Waals surface area contributed by atoms with Crippen LogP contribution >= 0.6 is 0 Å². The summed E-state index contributed by atoms with van der Waals surface area (Å²) in [6, 6.07) is 0. The number of esters is 1. The SMILES string of the molecule is C=CC(=O)NC(=O)C=CCO.C=CC(=O)OCCCC. The molecule has 0 radical (unpaired) electrons. The molecular weight excluding hydrogens is 262 g/mol. The van der Waals surface area contributed by atoms with Crippen LogP contribution in [0, 0.1) is 0 Å². The van der Waals surface area contributed by atoms with Crippen molar-refractivity contribution in [3.05, 3.63) is 37.5 Å². The molecule has 0 bridgehead atoms. The fourth-order valence-corrected chi connectivity index (χ4v) is 0.750. The minimum absolute atomic E-state index is 0.226. The van der Waals surface area contributed by atoms with E-state index in [0.717, 1.165) is 25.0 Å². The minimum Gasteiger partial charge on any atom is -0.463 e. The van der Waals surface area contributed by atoms with Crippen molar-refractivity contribution in [1.29, 1.82) is 0 Å². The van der Waals surface area contributed by atoms with Crippen LogP contribution in [0.5, 0.6) is 0 Å². The Morgan fingerprint density at radius 2 is 1.85 bits per heavy atom. The standard InChI is InChI=1S/C7H9NO3.C7H12O2/c1-2-6(10)8-7(11)4-3-5-9;1-3-5-6-9-7(8)4-2/h2-4,9H,1,5H2,(H,8,10,11);4H,2-3,5-6H2,1H3. The maximum atomic E-state index is 10.6. The van der Waals surface area contributed by atoms with Gasteiger partial charge in [-0.3, -0.25) is 14.9 Å². The van der Waals surface area contributed by atoms with E-state index in [0.29, 0.717) is 6.61 Å². The van der Waals surface area contributed by atoms with Crippen LogP contribution in [0.4, 0.5) is 0 Å². The summed E-state index contributed by atoms with van der Waals surface area (Å²) in [4.78, 5) is 31.4. The number of hydrogen-bond donors (Lipinski definition) is 2. The molecular formula is C14H21NO5. The first-order chi connectivity index (χ1) is 9.51. The average Bonchev–Trinajstić information content (AvgIpc) is 2.45. The molecule has 0 rings (SSSR count). The third kappa shape index (κ3) is 15.8. The predicted octanol–water partition coefficient (Wildman–Crippen LogP) is 0.879. The highest BCUT2D eigenvalue weighted by atomic mass is 16.5. The summed E-state index contributed by atoms with van der Waals surface area (Å²) in [5, 5.41) is 10.2. The van der Waals surface area contributed by atoms with Crippen LogP contribution in [0.1, 0.15) is 19.8 Å². The number of amides is 2. The largest absolute Gasteiger partial charge is 0.463 e. The lowest BCUT2D eigenvalue weighted by atomic mass is 10.4. The topological polar surface area (TPSA) is 92.7 Å². The third-order valence-corrected chi connectivity index (χ3v) is 1.72. The molecule has 0 fully saturated rings. The van der Waals surface area contributed by atoms with E-state index < -0.39 is 11.8 Å². The number of aliphatic hydroxyl groups excluding tert-OH is 1. The number of carbonyl (C=O) groups is 3. The van der Waals surface area contributed by atoms with Crippen molar-refractivity contribution in [2.45, 2.75) is 19.8 Å². The molecule has 0 aliphatic rings. The maximum Gasteiger partial charge on any atom is 0.330 e. The Hall–Kier alpha value is -2.21. The van der Waals surface area contributed by atoms with Crippen LogP contribution in [0.3, 0.4) is 0 Å². The zero-order valence-corrected chi connectivity index (χ0v) is 11.6. The molecule has 0 aromatic carbocycles. The zero-order valence-electron chi connectivity index (χ0n) is 11.6. The molecule has 20 heavy (non-hydrogen) atoms. The first-order valence-corrected chi connectivity index (χ1v) is 6.05. The Kier molecular flexibility index (Phi) is 14.9. The number of carbonyl (C=O) groups excluding carboxylic acids is 3. The van der Waals surface area contributed by atoms with Crippen LogP contribution in [0.2, 0.25) is 0 Å². The summed E-state index contributed by atoms with van der Waals surface area (Å²) < 4.78 is 4.67. The van der Waals surface area contributed by atoms with Gasteiger partial charge in [-0.25, -0.2) is 4.79 Å². The molecule has 0 atom stereocenters. The van der Waals surface area contributed by atoms with Crippen LogP contribution in [0.15, 0.2) is 37.5 Å². The summed E-state index contributed by atoms with van der Waals surface area (Å²) in [6.07, 6.45) is 6.44. The van der Waals surface area contributed by atoms with Crippen molar-refractivity contribution in [2.75, 3.05) is 13.2 Å². The van der Waals surface area contributed by atoms with Crippen molar-refractivity contribution < 1.29 is 24.2 Å². The number of ether oxygens (including phenoxy) is 1. The lowest BCUT2D eigenvalue weighted by molar-refractivity contribution is -0.137. The number of nitrogens with one attached hydrogen (secondary N) is 1. The Morgan fingerprint density at radius 3 is 2.30 bits per heavy atom. The average molecular weight is 283 g/mol. The van der Waals surface area contributed by atoms with Gasteiger partial charge in [-0.2, -0.15) is 0 Å². The molecule has 0 saturated heterocycles. The van der Waals surface area contributed by atoms with Crippen molar-refractivity contribution in [3.8, 4) is 0 Å². The van der Waals surface area contributed by atoms with Crippen LogP contribution in [0.25, 0.3) is 0 Å². The molecule has 2 amide bonds. The van der Waals surface area contributed by atoms with Crippen LogP contribution < -0.4 is 5.32 Å². The smallest absolute Gasteiger partial charge is 0.330 e. The molecule has 0 heterocycles. The van der Waals surface area contributed by atoms with E-state index >= 15 is 0 Å². The normalized spacial score (nSPS) is 9.10. The Morgan fingerprint density at radius 1 is 1.20 bits per heavy atom. The van der Waals surface area contributed by atoms with Gasteiger partial charge in [0.1, 0.15) is 0 Å². The third-order valence-electron chi connectivity index (χ3n) is 1.72. The van der Waals surface area contributed by atoms with Gasteiger partial charge in [-0.15, -0.1) is 0 Å². The predicted molar refractivity (Wildman–Crippen MR) is 75.6 cm³/mol. The number of rotatable bonds is 7. The van der Waals surface area contributed by atoms with Gasteiger partial charge in [0, 0.05) is 12.2 Å². The van der Waals surface area contributed by atoms with Gasteiger partial charge >= 0.3 is 5.97 Å². The highest BCUT2D eigenvalue weighted by Crippen LogP contribution is 1.88. The van der Waals surface area contributed by atoms with Gasteiger partial charge in [0.25, 0.3) is 5.91 Å². The van der Waals surface area contributed by atoms with Crippen molar-refractivity contribution in [3.63, 3.8) is 0 Å². The van der Waals surface area contributed by atoms with E-state index in [-0.39, 0.29) is 12.6 Å². The second-order valence-electron chi connectivity index (χ2n) is 3.37. The number of unbranched alkanes of at least 4 members (excludes halogenated alkanes) is 1. The minimum atomic E-state index is -0.566. The first kappa shape index (κ1) is 20.1. The number of aliphatic hydroxyl groups is 1. The van der Waals surface area contributed by atoms with Gasteiger partial charge in [0.15, 0.2) is 0 Å². The molecule has 0 unspecified atom stereocenters. The highest BCUT2D eigenvalue weighted by molar-refractivity contribution is 6.04. The van der Waals surface area contributed by atoms with Gasteiger partial charge in [-0.1, -0.05) is 32.6 Å². The highest BCUT2D eigenvalue weighted by Gasteiger charge is 1.97. The number of hydrogen-bond acceptors (Lipinski definition) is 5. The van der Waals surface area contributed by atoms with E-state index in [2.05, 4.69) is 17.9 Å². The lowest BCUT2D eigenvalue weighted by Gasteiger charge is -1.97. The Bertz CT molecular complexity index is 361. The van der Waals surface area contributed by atoms with Gasteiger partial charge < -0.3 is 9.84 Å². The molecule has 6 nitrogen and oxygen atoms in total. The molecule has 0 spiro atoms. The van der Waals surface area contributed by atoms with E-state index in [1.54, 1.807) is 0 Å². The van der Waals surface area contributed by atoms with E-state index in [9.17, 15) is 14.4 Å². The second-order valence-corrected chi connectivity index (χ2v) is 3.37. The van der Waals surface area contributed by atoms with Crippen molar-refractivity contribution >= 4 is 17.8 Å². The summed E-state index contributed by atoms with van der Waals surface area (Å²) >= 11 is 0. The molecule has 0 saturated carbocycles. The second kappa shape index (κ2) is 14.8. The quantitative estimate of drug-likeness (QED) is 0.411. The first-order valence-electron chi connectivity index (χ1n) is 6.05. The van der Waals surface area contributed by atoms with Gasteiger partial charge in [0.2, 0.25) is 5.91 Å². The Labute approximate surface area is 118 Å². The van der Waals surface area contributed by atoms with E-state index in [1.807, 2.05) is 12.2 Å². The lowest BCUT2D eigenvalue weighted by Crippen LogP contribution is -2.26. The fourth-order valence-electron chi connectivity index (χ4n) is 0.750. The monoisotopic (exact) mass is 283 g/mol. The van der Waals surface area contributed by atoms with Crippen molar-refractivity contribution in [2.24, 2.45) is 0 Å². The van der Waals surface area contributed by atoms with Gasteiger partial charge in [0.05, 0.1) is 13.2 Å². The maximum absolute atomic E-state index is 10.6. The molecule has 112 valence electrons. The molecule has 6 heteroatoms. The fraction of sp³-hybridized carbons (Fsp3) is 0.357. The van der Waals surface area contributed by atoms with E-state index in [4.69, 9.17) is 5.11 Å². The van der Waals surface area contributed by atoms with Crippen LogP contribution in [-0.4, -0.2) is 36.1 Å². The summed E-state index contributed by atoms with van der Waals surface area (Å²) in [6.45, 7) is 8.75. The molecule has 0 aromatic rings. The molecule has 0 aliphatic heterocycles. The zero-order chi connectivity index (χ0) is 15.8. The number of imide groups is 1. The van der Waals surface area contributed by atoms with Crippen LogP contribution in [-0.2, 0) is 19.1 Å². The van der Waals surface area contributed by atoms with Gasteiger partial charge in [-0.05, 0) is 12.5 Å². The summed E-state index contributed by atoms with van der Waals surface area (Å²) in [5.41, 5.74) is 0. The molecule has 0 aliphatic carbocycles.